The summed E-state index contributed by atoms with van der Waals surface area (Å²) in [7, 11) is 0. The van der Waals surface area contributed by atoms with Crippen LogP contribution in [0.4, 0.5) is 23.2 Å². The molecule has 128 valence electrons. The van der Waals surface area contributed by atoms with Crippen molar-refractivity contribution in [3.63, 3.8) is 0 Å². The number of rotatable bonds is 2. The molecule has 1 unspecified atom stereocenters. The zero-order valence-corrected chi connectivity index (χ0v) is 12.5. The highest BCUT2D eigenvalue weighted by Crippen LogP contribution is 2.38. The van der Waals surface area contributed by atoms with E-state index in [9.17, 15) is 17.6 Å². The molecule has 3 N–H and O–H groups in total. The number of nitrogens with two attached hydrogens (primary N) is 1. The molecule has 2 heterocycles. The molecule has 0 fully saturated rings. The lowest BCUT2D eigenvalue weighted by Gasteiger charge is -2.29. The molecular formula is C16H15F4N3O. The molecule has 24 heavy (non-hydrogen) atoms. The van der Waals surface area contributed by atoms with Crippen LogP contribution in [0.5, 0.6) is 5.75 Å². The summed E-state index contributed by atoms with van der Waals surface area (Å²) in [5.41, 5.74) is 7.02. The Bertz CT molecular complexity index is 750. The van der Waals surface area contributed by atoms with Gasteiger partial charge in [0.1, 0.15) is 0 Å². The van der Waals surface area contributed by atoms with Crippen molar-refractivity contribution in [3.8, 4) is 5.75 Å². The molecule has 1 aliphatic rings. The van der Waals surface area contributed by atoms with E-state index in [4.69, 9.17) is 5.73 Å². The first kappa shape index (κ1) is 16.5. The van der Waals surface area contributed by atoms with Crippen molar-refractivity contribution in [3.05, 3.63) is 53.6 Å². The minimum atomic E-state index is -4.96. The van der Waals surface area contributed by atoms with Gasteiger partial charge in [0, 0.05) is 12.7 Å². The molecule has 0 saturated carbocycles. The van der Waals surface area contributed by atoms with Crippen LogP contribution in [0.25, 0.3) is 0 Å². The van der Waals surface area contributed by atoms with Crippen molar-refractivity contribution < 1.29 is 22.3 Å². The Morgan fingerprint density at radius 2 is 2.04 bits per heavy atom. The molecule has 0 spiro atoms. The summed E-state index contributed by atoms with van der Waals surface area (Å²) in [6.07, 6.45) is -2.20. The Morgan fingerprint density at radius 3 is 2.75 bits per heavy atom. The minimum Gasteiger partial charge on any atom is -0.403 e. The lowest BCUT2D eigenvalue weighted by atomic mass is 9.83. The van der Waals surface area contributed by atoms with Crippen LogP contribution in [-0.2, 0) is 5.54 Å². The monoisotopic (exact) mass is 341 g/mol. The van der Waals surface area contributed by atoms with Crippen LogP contribution < -0.4 is 15.8 Å². The quantitative estimate of drug-likeness (QED) is 0.821. The molecule has 1 aromatic carbocycles. The highest BCUT2D eigenvalue weighted by atomic mass is 19.4. The third-order valence-corrected chi connectivity index (χ3v) is 3.97. The fourth-order valence-corrected chi connectivity index (χ4v) is 2.88. The summed E-state index contributed by atoms with van der Waals surface area (Å²) in [6, 6.07) is 6.82. The fraction of sp³-hybridized carbons (Fsp3) is 0.312. The molecule has 8 heteroatoms. The number of nitrogens with one attached hydrogen (secondary N) is 1. The first-order chi connectivity index (χ1) is 11.3. The van der Waals surface area contributed by atoms with E-state index in [0.29, 0.717) is 30.6 Å². The van der Waals surface area contributed by atoms with Crippen LogP contribution in [0.2, 0.25) is 0 Å². The third kappa shape index (κ3) is 3.14. The van der Waals surface area contributed by atoms with Gasteiger partial charge in [-0.3, -0.25) is 4.98 Å². The second kappa shape index (κ2) is 5.94. The van der Waals surface area contributed by atoms with Gasteiger partial charge in [-0.25, -0.2) is 4.39 Å². The van der Waals surface area contributed by atoms with Gasteiger partial charge in [0.25, 0.3) is 0 Å². The predicted octanol–water partition coefficient (Wildman–Crippen LogP) is 3.53. The normalized spacial score (nSPS) is 20.7. The largest absolute Gasteiger partial charge is 0.573 e. The Balaban J connectivity index is 2.03. The van der Waals surface area contributed by atoms with Crippen molar-refractivity contribution >= 4 is 5.69 Å². The number of halogens is 4. The van der Waals surface area contributed by atoms with Crippen LogP contribution in [0.15, 0.2) is 36.5 Å². The molecule has 0 saturated heterocycles. The number of nitrogens with zero attached hydrogens (tertiary/aromatic N) is 1. The Kier molecular flexibility index (Phi) is 4.08. The molecule has 0 aliphatic carbocycles. The van der Waals surface area contributed by atoms with Crippen molar-refractivity contribution in [1.82, 2.24) is 4.98 Å². The summed E-state index contributed by atoms with van der Waals surface area (Å²) in [5.74, 6) is -2.01. The summed E-state index contributed by atoms with van der Waals surface area (Å²) < 4.78 is 54.5. The Morgan fingerprint density at radius 1 is 1.25 bits per heavy atom. The number of ether oxygens (including phenoxy) is 1. The SMILES string of the molecule is NC1(c2ccc(OC(F)(F)F)c(F)c2)CCCNc2cccnc21. The van der Waals surface area contributed by atoms with Crippen molar-refractivity contribution in [2.24, 2.45) is 5.73 Å². The number of fused-ring (bicyclic) bond motifs is 1. The lowest BCUT2D eigenvalue weighted by molar-refractivity contribution is -0.275. The molecule has 2 aromatic rings. The smallest absolute Gasteiger partial charge is 0.403 e. The van der Waals surface area contributed by atoms with Crippen LogP contribution in [-0.4, -0.2) is 17.9 Å². The predicted molar refractivity (Wildman–Crippen MR) is 80.0 cm³/mol. The van der Waals surface area contributed by atoms with Crippen LogP contribution >= 0.6 is 0 Å². The van der Waals surface area contributed by atoms with Gasteiger partial charge in [-0.2, -0.15) is 0 Å². The van der Waals surface area contributed by atoms with Gasteiger partial charge in [-0.05, 0) is 42.7 Å². The molecule has 3 rings (SSSR count). The van der Waals surface area contributed by atoms with E-state index >= 15 is 0 Å². The van der Waals surface area contributed by atoms with Gasteiger partial charge < -0.3 is 15.8 Å². The molecule has 1 atom stereocenters. The van der Waals surface area contributed by atoms with Gasteiger partial charge in [0.2, 0.25) is 0 Å². The zero-order chi connectivity index (χ0) is 17.4. The maximum atomic E-state index is 14.1. The molecule has 0 amide bonds. The van der Waals surface area contributed by atoms with Gasteiger partial charge in [-0.1, -0.05) is 6.07 Å². The van der Waals surface area contributed by atoms with Gasteiger partial charge >= 0.3 is 6.36 Å². The second-order valence-electron chi connectivity index (χ2n) is 5.59. The number of hydrogen-bond acceptors (Lipinski definition) is 4. The highest BCUT2D eigenvalue weighted by molar-refractivity contribution is 5.55. The molecule has 0 bridgehead atoms. The number of pyridine rings is 1. The van der Waals surface area contributed by atoms with E-state index in [1.165, 1.54) is 6.07 Å². The third-order valence-electron chi connectivity index (χ3n) is 3.97. The van der Waals surface area contributed by atoms with Gasteiger partial charge in [0.05, 0.1) is 16.9 Å². The standard InChI is InChI=1S/C16H15F4N3O/c17-11-9-10(4-5-13(11)24-16(18,19)20)15(21)6-2-8-22-12-3-1-7-23-14(12)15/h1,3-5,7,9,22H,2,6,8,21H2. The van der Waals surface area contributed by atoms with E-state index in [1.807, 2.05) is 6.07 Å². The molecular weight excluding hydrogens is 326 g/mol. The lowest BCUT2D eigenvalue weighted by Crippen LogP contribution is -2.38. The maximum absolute atomic E-state index is 14.1. The Hall–Kier alpha value is -2.35. The zero-order valence-electron chi connectivity index (χ0n) is 12.5. The maximum Gasteiger partial charge on any atom is 0.573 e. The fourth-order valence-electron chi connectivity index (χ4n) is 2.88. The van der Waals surface area contributed by atoms with E-state index in [0.717, 1.165) is 17.8 Å². The number of anilines is 1. The number of benzene rings is 1. The van der Waals surface area contributed by atoms with E-state index < -0.39 is 23.5 Å². The van der Waals surface area contributed by atoms with Crippen LogP contribution in [0.1, 0.15) is 24.1 Å². The van der Waals surface area contributed by atoms with E-state index in [2.05, 4.69) is 15.0 Å². The first-order valence-corrected chi connectivity index (χ1v) is 7.34. The van der Waals surface area contributed by atoms with Crippen molar-refractivity contribution in [2.75, 3.05) is 11.9 Å². The minimum absolute atomic E-state index is 0.346. The van der Waals surface area contributed by atoms with Crippen molar-refractivity contribution in [2.45, 2.75) is 24.7 Å². The summed E-state index contributed by atoms with van der Waals surface area (Å²) in [6.45, 7) is 0.676. The van der Waals surface area contributed by atoms with E-state index in [-0.39, 0.29) is 0 Å². The topological polar surface area (TPSA) is 60.2 Å². The van der Waals surface area contributed by atoms with Crippen LogP contribution in [0, 0.1) is 5.82 Å². The number of hydrogen-bond donors (Lipinski definition) is 2. The molecule has 4 nitrogen and oxygen atoms in total. The van der Waals surface area contributed by atoms with Gasteiger partial charge in [0.15, 0.2) is 11.6 Å². The molecule has 1 aromatic heterocycles. The van der Waals surface area contributed by atoms with Crippen molar-refractivity contribution in [1.29, 1.82) is 0 Å². The highest BCUT2D eigenvalue weighted by Gasteiger charge is 2.36. The first-order valence-electron chi connectivity index (χ1n) is 7.34. The average Bonchev–Trinajstić information content (AvgIpc) is 2.69. The van der Waals surface area contributed by atoms with Crippen LogP contribution in [0.3, 0.4) is 0 Å². The summed E-state index contributed by atoms with van der Waals surface area (Å²) in [4.78, 5) is 4.30. The second-order valence-corrected chi connectivity index (χ2v) is 5.59. The van der Waals surface area contributed by atoms with E-state index in [1.54, 1.807) is 12.3 Å². The number of alkyl halides is 3. The average molecular weight is 341 g/mol. The summed E-state index contributed by atoms with van der Waals surface area (Å²) >= 11 is 0. The summed E-state index contributed by atoms with van der Waals surface area (Å²) in [5, 5.41) is 3.20. The molecule has 1 aliphatic heterocycles. The Labute approximate surface area is 135 Å². The van der Waals surface area contributed by atoms with Gasteiger partial charge in [-0.15, -0.1) is 13.2 Å². The number of aromatic nitrogens is 1. The molecule has 0 radical (unpaired) electrons.